The van der Waals surface area contributed by atoms with Crippen molar-refractivity contribution in [2.45, 2.75) is 27.7 Å². The Labute approximate surface area is 110 Å². The van der Waals surface area contributed by atoms with Crippen LogP contribution in [0.25, 0.3) is 0 Å². The van der Waals surface area contributed by atoms with Gasteiger partial charge in [-0.3, -0.25) is 0 Å². The van der Waals surface area contributed by atoms with Crippen LogP contribution in [0.4, 0.5) is 0 Å². The highest BCUT2D eigenvalue weighted by atomic mass is 14.2. The van der Waals surface area contributed by atoms with E-state index >= 15 is 0 Å². The predicted octanol–water partition coefficient (Wildman–Crippen LogP) is 5.21. The first-order valence-corrected chi connectivity index (χ1v) is 6.40. The molecule has 0 amide bonds. The first-order valence-electron chi connectivity index (χ1n) is 6.40. The van der Waals surface area contributed by atoms with Gasteiger partial charge in [-0.2, -0.15) is 0 Å². The second-order valence-electron chi connectivity index (χ2n) is 4.92. The average Bonchev–Trinajstić information content (AvgIpc) is 2.58. The summed E-state index contributed by atoms with van der Waals surface area (Å²) < 4.78 is 0. The fourth-order valence-electron chi connectivity index (χ4n) is 2.54. The zero-order valence-corrected chi connectivity index (χ0v) is 11.6. The lowest BCUT2D eigenvalue weighted by Gasteiger charge is -2.17. The van der Waals surface area contributed by atoms with Crippen LogP contribution < -0.4 is 0 Å². The molecule has 2 aliphatic carbocycles. The lowest BCUT2D eigenvalue weighted by Crippen LogP contribution is -1.99. The molecule has 0 fully saturated rings. The van der Waals surface area contributed by atoms with Crippen LogP contribution in [0, 0.1) is 0 Å². The monoisotopic (exact) mass is 236 g/mol. The quantitative estimate of drug-likeness (QED) is 0.541. The van der Waals surface area contributed by atoms with Gasteiger partial charge in [-0.25, -0.2) is 0 Å². The van der Waals surface area contributed by atoms with Gasteiger partial charge < -0.3 is 0 Å². The Morgan fingerprint density at radius 3 is 0.889 bits per heavy atom. The molecule has 0 heteroatoms. The standard InChI is InChI=1S/C18H20/c1-13-9-5-6-10-14(2)17(13)18-15(3)11-7-8-12-16(18)4/h5-12H,1-4H3. The molecular weight excluding hydrogens is 216 g/mol. The summed E-state index contributed by atoms with van der Waals surface area (Å²) in [5.74, 6) is 0. The van der Waals surface area contributed by atoms with Crippen molar-refractivity contribution in [1.29, 1.82) is 0 Å². The minimum atomic E-state index is 1.33. The van der Waals surface area contributed by atoms with Gasteiger partial charge in [-0.05, 0) is 61.1 Å². The van der Waals surface area contributed by atoms with Gasteiger partial charge in [-0.1, -0.05) is 48.6 Å². The summed E-state index contributed by atoms with van der Waals surface area (Å²) in [5.41, 5.74) is 8.05. The van der Waals surface area contributed by atoms with Crippen molar-refractivity contribution in [2.75, 3.05) is 0 Å². The fourth-order valence-corrected chi connectivity index (χ4v) is 2.54. The lowest BCUT2D eigenvalue weighted by molar-refractivity contribution is 1.22. The number of allylic oxidation sites excluding steroid dienone is 14. The van der Waals surface area contributed by atoms with Crippen LogP contribution in [0.5, 0.6) is 0 Å². The molecule has 0 bridgehead atoms. The molecule has 0 saturated carbocycles. The van der Waals surface area contributed by atoms with Crippen molar-refractivity contribution in [3.8, 4) is 0 Å². The van der Waals surface area contributed by atoms with Crippen LogP contribution in [0.1, 0.15) is 27.7 Å². The largest absolute Gasteiger partial charge is 0.0620 e. The van der Waals surface area contributed by atoms with Gasteiger partial charge >= 0.3 is 0 Å². The Kier molecular flexibility index (Phi) is 3.66. The molecule has 18 heavy (non-hydrogen) atoms. The summed E-state index contributed by atoms with van der Waals surface area (Å²) in [6, 6.07) is 0. The van der Waals surface area contributed by atoms with E-state index in [-0.39, 0.29) is 0 Å². The van der Waals surface area contributed by atoms with Crippen molar-refractivity contribution < 1.29 is 0 Å². The first kappa shape index (κ1) is 12.6. The summed E-state index contributed by atoms with van der Waals surface area (Å²) in [6.07, 6.45) is 17.2. The van der Waals surface area contributed by atoms with Gasteiger partial charge in [-0.15, -0.1) is 0 Å². The van der Waals surface area contributed by atoms with Crippen LogP contribution in [0.3, 0.4) is 0 Å². The summed E-state index contributed by atoms with van der Waals surface area (Å²) in [7, 11) is 0. The summed E-state index contributed by atoms with van der Waals surface area (Å²) in [4.78, 5) is 0. The first-order chi connectivity index (χ1) is 8.61. The lowest BCUT2D eigenvalue weighted by atomic mass is 9.87. The van der Waals surface area contributed by atoms with Gasteiger partial charge in [0.15, 0.2) is 0 Å². The maximum absolute atomic E-state index is 2.19. The van der Waals surface area contributed by atoms with Gasteiger partial charge in [0.1, 0.15) is 0 Å². The van der Waals surface area contributed by atoms with Crippen molar-refractivity contribution in [2.24, 2.45) is 0 Å². The van der Waals surface area contributed by atoms with Crippen LogP contribution in [0.15, 0.2) is 82.0 Å². The van der Waals surface area contributed by atoms with Gasteiger partial charge in [0.2, 0.25) is 0 Å². The molecule has 0 aromatic carbocycles. The van der Waals surface area contributed by atoms with E-state index in [2.05, 4.69) is 76.3 Å². The van der Waals surface area contributed by atoms with Crippen molar-refractivity contribution >= 4 is 0 Å². The molecule has 92 valence electrons. The van der Waals surface area contributed by atoms with Gasteiger partial charge in [0, 0.05) is 0 Å². The maximum atomic E-state index is 2.19. The average molecular weight is 236 g/mol. The Balaban J connectivity index is 2.72. The van der Waals surface area contributed by atoms with Gasteiger partial charge in [0.25, 0.3) is 0 Å². The molecule has 2 rings (SSSR count). The van der Waals surface area contributed by atoms with E-state index in [0.717, 1.165) is 0 Å². The third kappa shape index (κ3) is 2.38. The minimum Gasteiger partial charge on any atom is -0.0620 e. The second-order valence-corrected chi connectivity index (χ2v) is 4.92. The molecule has 0 aromatic rings. The van der Waals surface area contributed by atoms with E-state index in [1.807, 2.05) is 0 Å². The van der Waals surface area contributed by atoms with E-state index < -0.39 is 0 Å². The highest BCUT2D eigenvalue weighted by molar-refractivity contribution is 5.63. The normalized spacial score (nSPS) is 19.8. The third-order valence-electron chi connectivity index (χ3n) is 3.43. The van der Waals surface area contributed by atoms with Crippen molar-refractivity contribution in [3.63, 3.8) is 0 Å². The van der Waals surface area contributed by atoms with Crippen LogP contribution in [0.2, 0.25) is 0 Å². The Morgan fingerprint density at radius 1 is 0.444 bits per heavy atom. The second kappa shape index (κ2) is 5.22. The molecule has 0 spiro atoms. The molecule has 0 nitrogen and oxygen atoms in total. The maximum Gasteiger partial charge on any atom is -0.0120 e. The van der Waals surface area contributed by atoms with Crippen LogP contribution in [-0.2, 0) is 0 Å². The zero-order chi connectivity index (χ0) is 13.1. The van der Waals surface area contributed by atoms with Crippen LogP contribution >= 0.6 is 0 Å². The SMILES string of the molecule is CC1=CC=CC=C(C)C1=C1C(C)=CC=CC=C1C. The molecule has 0 aliphatic heterocycles. The molecule has 0 unspecified atom stereocenters. The van der Waals surface area contributed by atoms with E-state index in [9.17, 15) is 0 Å². The minimum absolute atomic E-state index is 1.33. The predicted molar refractivity (Wildman–Crippen MR) is 80.3 cm³/mol. The fraction of sp³-hybridized carbons (Fsp3) is 0.222. The Bertz CT molecular complexity index is 467. The summed E-state index contributed by atoms with van der Waals surface area (Å²) in [6.45, 7) is 8.75. The van der Waals surface area contributed by atoms with E-state index in [1.54, 1.807) is 0 Å². The molecule has 0 saturated heterocycles. The van der Waals surface area contributed by atoms with E-state index in [1.165, 1.54) is 33.4 Å². The Morgan fingerprint density at radius 2 is 0.667 bits per heavy atom. The van der Waals surface area contributed by atoms with Crippen LogP contribution in [-0.4, -0.2) is 0 Å². The van der Waals surface area contributed by atoms with Gasteiger partial charge in [0.05, 0.1) is 0 Å². The molecule has 0 radical (unpaired) electrons. The number of hydrogen-bond donors (Lipinski definition) is 0. The molecule has 0 N–H and O–H groups in total. The molecule has 0 heterocycles. The number of rotatable bonds is 0. The highest BCUT2D eigenvalue weighted by Crippen LogP contribution is 2.33. The summed E-state index contributed by atoms with van der Waals surface area (Å²) in [5, 5.41) is 0. The third-order valence-corrected chi connectivity index (χ3v) is 3.43. The summed E-state index contributed by atoms with van der Waals surface area (Å²) >= 11 is 0. The topological polar surface area (TPSA) is 0 Å². The molecule has 0 atom stereocenters. The smallest absolute Gasteiger partial charge is 0.0120 e. The number of hydrogen-bond acceptors (Lipinski definition) is 0. The van der Waals surface area contributed by atoms with E-state index in [4.69, 9.17) is 0 Å². The van der Waals surface area contributed by atoms with Crippen molar-refractivity contribution in [1.82, 2.24) is 0 Å². The molecular formula is C18H20. The van der Waals surface area contributed by atoms with E-state index in [0.29, 0.717) is 0 Å². The zero-order valence-electron chi connectivity index (χ0n) is 11.6. The Hall–Kier alpha value is -1.82. The molecule has 0 aromatic heterocycles. The van der Waals surface area contributed by atoms with Crippen molar-refractivity contribution in [3.05, 3.63) is 82.0 Å². The molecule has 2 aliphatic rings. The highest BCUT2D eigenvalue weighted by Gasteiger charge is 2.15.